The lowest BCUT2D eigenvalue weighted by Crippen LogP contribution is -2.30. The fourth-order valence-corrected chi connectivity index (χ4v) is 5.74. The molecule has 190 valence electrons. The summed E-state index contributed by atoms with van der Waals surface area (Å²) in [6.07, 6.45) is 7.50. The third-order valence-corrected chi connectivity index (χ3v) is 8.02. The number of rotatable bonds is 10. The Morgan fingerprint density at radius 3 is 2.51 bits per heavy atom. The molecule has 1 saturated carbocycles. The summed E-state index contributed by atoms with van der Waals surface area (Å²) in [6, 6.07) is 6.94. The van der Waals surface area contributed by atoms with Crippen molar-refractivity contribution in [2.45, 2.75) is 88.8 Å². The highest BCUT2D eigenvalue weighted by Gasteiger charge is 2.25. The van der Waals surface area contributed by atoms with E-state index in [4.69, 9.17) is 10.1 Å². The van der Waals surface area contributed by atoms with Gasteiger partial charge in [-0.1, -0.05) is 25.5 Å². The minimum absolute atomic E-state index is 0.169. The smallest absolute Gasteiger partial charge is 0.240 e. The second kappa shape index (κ2) is 11.0. The average Bonchev–Trinajstić information content (AvgIpc) is 3.17. The molecular weight excluding hydrogens is 464 g/mol. The summed E-state index contributed by atoms with van der Waals surface area (Å²) < 4.78 is 29.5. The van der Waals surface area contributed by atoms with E-state index in [9.17, 15) is 13.5 Å². The molecule has 2 aromatic heterocycles. The van der Waals surface area contributed by atoms with Gasteiger partial charge in [-0.2, -0.15) is 10.1 Å². The lowest BCUT2D eigenvalue weighted by Gasteiger charge is -2.25. The van der Waals surface area contributed by atoms with Crippen LogP contribution in [-0.2, 0) is 16.4 Å². The summed E-state index contributed by atoms with van der Waals surface area (Å²) in [5, 5.41) is 19.1. The van der Waals surface area contributed by atoms with Gasteiger partial charge < -0.3 is 10.4 Å². The van der Waals surface area contributed by atoms with Gasteiger partial charge in [0, 0.05) is 25.2 Å². The number of hydrogen-bond donors (Lipinski definition) is 3. The number of aliphatic hydroxyl groups is 1. The maximum atomic E-state index is 12.4. The zero-order chi connectivity index (χ0) is 25.0. The van der Waals surface area contributed by atoms with Gasteiger partial charge in [-0.05, 0) is 63.6 Å². The predicted octanol–water partition coefficient (Wildman–Crippen LogP) is 3.79. The first-order chi connectivity index (χ1) is 16.8. The van der Waals surface area contributed by atoms with Crippen molar-refractivity contribution in [1.29, 1.82) is 0 Å². The van der Waals surface area contributed by atoms with E-state index in [1.165, 1.54) is 0 Å². The number of anilines is 1. The lowest BCUT2D eigenvalue weighted by molar-refractivity contribution is 0.108. The minimum atomic E-state index is -3.53. The first-order valence-electron chi connectivity index (χ1n) is 12.5. The number of unbranched alkanes of at least 4 members (excludes halogenated alkanes) is 1. The molecule has 0 aliphatic heterocycles. The fraction of sp³-hybridized carbons (Fsp3) is 0.560. The summed E-state index contributed by atoms with van der Waals surface area (Å²) in [4.78, 5) is 9.58. The van der Waals surface area contributed by atoms with Crippen molar-refractivity contribution in [3.05, 3.63) is 41.7 Å². The maximum absolute atomic E-state index is 12.4. The van der Waals surface area contributed by atoms with Gasteiger partial charge >= 0.3 is 0 Å². The van der Waals surface area contributed by atoms with Crippen LogP contribution in [0, 0.1) is 0 Å². The van der Waals surface area contributed by atoms with Gasteiger partial charge in [0.1, 0.15) is 0 Å². The van der Waals surface area contributed by atoms with E-state index in [1.54, 1.807) is 26.0 Å². The van der Waals surface area contributed by atoms with Gasteiger partial charge in [0.05, 0.1) is 28.1 Å². The van der Waals surface area contributed by atoms with Gasteiger partial charge in [-0.25, -0.2) is 22.8 Å². The first-order valence-corrected chi connectivity index (χ1v) is 14.0. The van der Waals surface area contributed by atoms with Gasteiger partial charge in [0.2, 0.25) is 16.0 Å². The van der Waals surface area contributed by atoms with Crippen molar-refractivity contribution in [2.75, 3.05) is 11.9 Å². The van der Waals surface area contributed by atoms with Crippen LogP contribution in [0.25, 0.3) is 11.0 Å². The average molecular weight is 501 g/mol. The lowest BCUT2D eigenvalue weighted by atomic mass is 9.93. The SMILES string of the molecule is CCCCNc1ncc2c(Cc3ccc(S(=O)(=O)NC(C)C)cc3)nn(C3CCC(O)CC3)c2n1. The second-order valence-electron chi connectivity index (χ2n) is 9.66. The summed E-state index contributed by atoms with van der Waals surface area (Å²) in [7, 11) is -3.53. The molecule has 1 aliphatic rings. The predicted molar refractivity (Wildman–Crippen MR) is 137 cm³/mol. The molecule has 0 unspecified atom stereocenters. The highest BCUT2D eigenvalue weighted by atomic mass is 32.2. The topological polar surface area (TPSA) is 122 Å². The van der Waals surface area contributed by atoms with E-state index in [-0.39, 0.29) is 23.1 Å². The number of nitrogens with zero attached hydrogens (tertiary/aromatic N) is 4. The Labute approximate surface area is 207 Å². The molecule has 4 rings (SSSR count). The number of fused-ring (bicyclic) bond motifs is 1. The van der Waals surface area contributed by atoms with Gasteiger partial charge in [0.25, 0.3) is 0 Å². The molecule has 0 spiro atoms. The van der Waals surface area contributed by atoms with Gasteiger partial charge in [-0.15, -0.1) is 0 Å². The molecule has 0 bridgehead atoms. The molecule has 9 nitrogen and oxygen atoms in total. The fourth-order valence-electron chi connectivity index (χ4n) is 4.49. The van der Waals surface area contributed by atoms with Crippen LogP contribution in [0.15, 0.2) is 35.4 Å². The molecule has 3 aromatic rings. The van der Waals surface area contributed by atoms with Crippen LogP contribution in [0.4, 0.5) is 5.95 Å². The zero-order valence-electron chi connectivity index (χ0n) is 20.7. The largest absolute Gasteiger partial charge is 0.393 e. The zero-order valence-corrected chi connectivity index (χ0v) is 21.6. The van der Waals surface area contributed by atoms with E-state index in [0.717, 1.165) is 67.4 Å². The first kappa shape index (κ1) is 25.5. The monoisotopic (exact) mass is 500 g/mol. The standard InChI is InChI=1S/C25H36N6O3S/c1-4-5-14-26-25-27-16-22-23(29-31(24(22)28-25)19-8-10-20(32)11-9-19)15-18-6-12-21(13-7-18)35(33,34)30-17(2)3/h6-7,12-13,16-17,19-20,30,32H,4-5,8-11,14-15H2,1-3H3,(H,26,27,28). The summed E-state index contributed by atoms with van der Waals surface area (Å²) >= 11 is 0. The Kier molecular flexibility index (Phi) is 8.03. The molecule has 2 heterocycles. The number of aromatic nitrogens is 4. The Morgan fingerprint density at radius 1 is 1.14 bits per heavy atom. The molecule has 10 heteroatoms. The molecule has 0 atom stereocenters. The van der Waals surface area contributed by atoms with Crippen LogP contribution in [0.5, 0.6) is 0 Å². The van der Waals surface area contributed by atoms with Crippen LogP contribution in [-0.4, -0.2) is 52.0 Å². The summed E-state index contributed by atoms with van der Waals surface area (Å²) in [5.74, 6) is 0.599. The second-order valence-corrected chi connectivity index (χ2v) is 11.4. The molecule has 3 N–H and O–H groups in total. The van der Waals surface area contributed by atoms with Crippen LogP contribution in [0.1, 0.15) is 76.6 Å². The highest BCUT2D eigenvalue weighted by Crippen LogP contribution is 2.32. The summed E-state index contributed by atoms with van der Waals surface area (Å²) in [5.41, 5.74) is 2.63. The van der Waals surface area contributed by atoms with E-state index < -0.39 is 10.0 Å². The van der Waals surface area contributed by atoms with E-state index >= 15 is 0 Å². The summed E-state index contributed by atoms with van der Waals surface area (Å²) in [6.45, 7) is 6.56. The molecular formula is C25H36N6O3S. The minimum Gasteiger partial charge on any atom is -0.393 e. The Hall–Kier alpha value is -2.56. The maximum Gasteiger partial charge on any atom is 0.240 e. The van der Waals surface area contributed by atoms with Crippen LogP contribution in [0.3, 0.4) is 0 Å². The Morgan fingerprint density at radius 2 is 1.86 bits per heavy atom. The Balaban J connectivity index is 1.63. The van der Waals surface area contributed by atoms with Crippen molar-refractivity contribution in [2.24, 2.45) is 0 Å². The molecule has 1 fully saturated rings. The third-order valence-electron chi connectivity index (χ3n) is 6.35. The van der Waals surface area contributed by atoms with Crippen LogP contribution in [0.2, 0.25) is 0 Å². The molecule has 1 aromatic carbocycles. The number of nitrogens with one attached hydrogen (secondary N) is 2. The molecule has 1 aliphatic carbocycles. The van der Waals surface area contributed by atoms with E-state index in [1.807, 2.05) is 23.0 Å². The van der Waals surface area contributed by atoms with E-state index in [0.29, 0.717) is 12.4 Å². The molecule has 0 saturated heterocycles. The van der Waals surface area contributed by atoms with Crippen molar-refractivity contribution < 1.29 is 13.5 Å². The van der Waals surface area contributed by atoms with Crippen molar-refractivity contribution in [1.82, 2.24) is 24.5 Å². The van der Waals surface area contributed by atoms with Crippen molar-refractivity contribution >= 4 is 27.0 Å². The highest BCUT2D eigenvalue weighted by molar-refractivity contribution is 7.89. The quantitative estimate of drug-likeness (QED) is 0.362. The molecule has 0 radical (unpaired) electrons. The Bertz CT molecular complexity index is 1230. The number of hydrogen-bond acceptors (Lipinski definition) is 7. The normalized spacial score (nSPS) is 18.9. The number of benzene rings is 1. The van der Waals surface area contributed by atoms with Crippen LogP contribution < -0.4 is 10.0 Å². The van der Waals surface area contributed by atoms with Crippen molar-refractivity contribution in [3.8, 4) is 0 Å². The third kappa shape index (κ3) is 6.17. The molecule has 0 amide bonds. The van der Waals surface area contributed by atoms with Gasteiger partial charge in [0.15, 0.2) is 5.65 Å². The number of aliphatic hydroxyl groups excluding tert-OH is 1. The van der Waals surface area contributed by atoms with Crippen molar-refractivity contribution in [3.63, 3.8) is 0 Å². The van der Waals surface area contributed by atoms with Crippen LogP contribution >= 0.6 is 0 Å². The number of sulfonamides is 1. The molecule has 35 heavy (non-hydrogen) atoms. The van der Waals surface area contributed by atoms with Gasteiger partial charge in [-0.3, -0.25) is 0 Å². The van der Waals surface area contributed by atoms with E-state index in [2.05, 4.69) is 21.9 Å².